The van der Waals surface area contributed by atoms with E-state index in [-0.39, 0.29) is 5.75 Å². The Kier molecular flexibility index (Phi) is 2.93. The molecule has 2 aromatic carbocycles. The van der Waals surface area contributed by atoms with Crippen LogP contribution >= 0.6 is 11.9 Å². The van der Waals surface area contributed by atoms with Crippen LogP contribution in [0.3, 0.4) is 0 Å². The summed E-state index contributed by atoms with van der Waals surface area (Å²) in [5.74, 6) is -0.186. The van der Waals surface area contributed by atoms with Gasteiger partial charge in [-0.25, -0.2) is 9.38 Å². The fraction of sp³-hybridized carbons (Fsp3) is 0. The highest BCUT2D eigenvalue weighted by molar-refractivity contribution is 7.98. The number of guanidine groups is 1. The maximum Gasteiger partial charge on any atom is 0.211 e. The van der Waals surface area contributed by atoms with Crippen molar-refractivity contribution < 1.29 is 9.50 Å². The van der Waals surface area contributed by atoms with Crippen LogP contribution in [-0.4, -0.2) is 16.1 Å². The second-order valence-corrected chi connectivity index (χ2v) is 5.69. The number of fused-ring (bicyclic) bond motifs is 2. The van der Waals surface area contributed by atoms with Crippen LogP contribution < -0.4 is 10.0 Å². The summed E-state index contributed by atoms with van der Waals surface area (Å²) in [6.07, 6.45) is 1.88. The molecule has 1 aromatic heterocycles. The summed E-state index contributed by atoms with van der Waals surface area (Å²) in [6.45, 7) is 0. The molecule has 110 valence electrons. The number of aromatic nitrogens is 1. The molecule has 22 heavy (non-hydrogen) atoms. The second-order valence-electron chi connectivity index (χ2n) is 4.84. The molecule has 0 aliphatic carbocycles. The fourth-order valence-corrected chi connectivity index (χ4v) is 3.03. The number of nitrogens with one attached hydrogen (secondary N) is 3. The van der Waals surface area contributed by atoms with Crippen molar-refractivity contribution in [1.82, 2.24) is 9.71 Å². The van der Waals surface area contributed by atoms with Crippen LogP contribution in [-0.2, 0) is 0 Å². The second kappa shape index (κ2) is 4.96. The standard InChI is InChI=1S/C15H11FN4OS/c16-9-6-12(21)14-13(7-9)22-20-15(19-14)18-10-1-2-11-8(5-10)3-4-17-11/h1-7,17,21H,(H2,18,19,20). The first-order valence-corrected chi connectivity index (χ1v) is 7.39. The number of halogens is 1. The molecule has 1 aliphatic rings. The third kappa shape index (κ3) is 2.25. The number of hydrogen-bond acceptors (Lipinski definition) is 5. The minimum atomic E-state index is -0.491. The molecule has 4 rings (SSSR count). The Bertz CT molecular complexity index is 906. The highest BCUT2D eigenvalue weighted by Crippen LogP contribution is 2.39. The van der Waals surface area contributed by atoms with E-state index in [4.69, 9.17) is 0 Å². The summed E-state index contributed by atoms with van der Waals surface area (Å²) < 4.78 is 16.2. The maximum absolute atomic E-state index is 13.2. The average Bonchev–Trinajstić information content (AvgIpc) is 2.95. The molecule has 5 nitrogen and oxygen atoms in total. The molecule has 0 unspecified atom stereocenters. The van der Waals surface area contributed by atoms with Crippen molar-refractivity contribution in [2.45, 2.75) is 4.90 Å². The number of hydrogen-bond donors (Lipinski definition) is 4. The number of aliphatic imine (C=N–C) groups is 1. The zero-order valence-corrected chi connectivity index (χ0v) is 12.0. The van der Waals surface area contributed by atoms with Crippen molar-refractivity contribution in [1.29, 1.82) is 0 Å². The number of phenols is 1. The highest BCUT2D eigenvalue weighted by atomic mass is 32.2. The number of anilines is 1. The number of benzene rings is 2. The normalized spacial score (nSPS) is 13.4. The van der Waals surface area contributed by atoms with Gasteiger partial charge >= 0.3 is 0 Å². The molecule has 2 heterocycles. The van der Waals surface area contributed by atoms with Gasteiger partial charge in [0.2, 0.25) is 5.96 Å². The Hall–Kier alpha value is -2.67. The summed E-state index contributed by atoms with van der Waals surface area (Å²) in [5.41, 5.74) is 2.27. The minimum Gasteiger partial charge on any atom is -0.506 e. The maximum atomic E-state index is 13.2. The van der Waals surface area contributed by atoms with Crippen molar-refractivity contribution in [3.63, 3.8) is 0 Å². The molecule has 7 heteroatoms. The quantitative estimate of drug-likeness (QED) is 0.517. The minimum absolute atomic E-state index is 0.176. The topological polar surface area (TPSA) is 72.4 Å². The van der Waals surface area contributed by atoms with Crippen LogP contribution in [0.1, 0.15) is 0 Å². The van der Waals surface area contributed by atoms with E-state index in [0.29, 0.717) is 16.5 Å². The zero-order chi connectivity index (χ0) is 15.1. The molecule has 1 aliphatic heterocycles. The highest BCUT2D eigenvalue weighted by Gasteiger charge is 2.17. The van der Waals surface area contributed by atoms with Crippen LogP contribution in [0.25, 0.3) is 10.9 Å². The van der Waals surface area contributed by atoms with Gasteiger partial charge in [-0.1, -0.05) is 0 Å². The molecule has 4 N–H and O–H groups in total. The number of aromatic hydroxyl groups is 1. The van der Waals surface area contributed by atoms with Crippen LogP contribution in [0.5, 0.6) is 5.75 Å². The number of phenolic OH excluding ortho intramolecular Hbond substituents is 1. The van der Waals surface area contributed by atoms with E-state index in [2.05, 4.69) is 20.0 Å². The predicted molar refractivity (Wildman–Crippen MR) is 86.1 cm³/mol. The predicted octanol–water partition coefficient (Wildman–Crippen LogP) is 3.72. The number of H-pyrrole nitrogens is 1. The monoisotopic (exact) mass is 314 g/mol. The average molecular weight is 314 g/mol. The molecular formula is C15H11FN4OS. The summed E-state index contributed by atoms with van der Waals surface area (Å²) in [5, 5.41) is 14.0. The van der Waals surface area contributed by atoms with Crippen LogP contribution in [0, 0.1) is 5.82 Å². The summed E-state index contributed by atoms with van der Waals surface area (Å²) in [4.78, 5) is 7.97. The lowest BCUT2D eigenvalue weighted by Crippen LogP contribution is -2.26. The Balaban J connectivity index is 1.67. The van der Waals surface area contributed by atoms with Crippen LogP contribution in [0.4, 0.5) is 15.8 Å². The molecular weight excluding hydrogens is 303 g/mol. The van der Waals surface area contributed by atoms with E-state index >= 15 is 0 Å². The smallest absolute Gasteiger partial charge is 0.211 e. The van der Waals surface area contributed by atoms with Gasteiger partial charge in [0.1, 0.15) is 17.3 Å². The first kappa shape index (κ1) is 13.0. The molecule has 0 spiro atoms. The SMILES string of the molecule is Oc1cc(F)cc2c1N=C(Nc1ccc3[nH]ccc3c1)NS2. The number of rotatable bonds is 1. The first-order chi connectivity index (χ1) is 10.7. The van der Waals surface area contributed by atoms with E-state index in [1.807, 2.05) is 30.5 Å². The third-order valence-electron chi connectivity index (χ3n) is 3.32. The van der Waals surface area contributed by atoms with Crippen molar-refractivity contribution >= 4 is 40.2 Å². The van der Waals surface area contributed by atoms with Gasteiger partial charge in [-0.2, -0.15) is 0 Å². The molecule has 0 radical (unpaired) electrons. The van der Waals surface area contributed by atoms with Gasteiger partial charge in [0.05, 0.1) is 4.90 Å². The van der Waals surface area contributed by atoms with Crippen molar-refractivity contribution in [2.24, 2.45) is 4.99 Å². The van der Waals surface area contributed by atoms with Gasteiger partial charge in [0, 0.05) is 28.9 Å². The van der Waals surface area contributed by atoms with Crippen molar-refractivity contribution in [3.05, 3.63) is 48.4 Å². The molecule has 0 saturated carbocycles. The summed E-state index contributed by atoms with van der Waals surface area (Å²) in [7, 11) is 0. The number of aromatic amines is 1. The molecule has 0 atom stereocenters. The molecule has 0 bridgehead atoms. The lowest BCUT2D eigenvalue weighted by molar-refractivity contribution is 0.468. The van der Waals surface area contributed by atoms with Crippen LogP contribution in [0.2, 0.25) is 0 Å². The van der Waals surface area contributed by atoms with E-state index < -0.39 is 5.82 Å². The van der Waals surface area contributed by atoms with Gasteiger partial charge < -0.3 is 15.4 Å². The van der Waals surface area contributed by atoms with E-state index in [0.717, 1.165) is 22.7 Å². The molecule has 0 amide bonds. The Labute approximate surface area is 129 Å². The van der Waals surface area contributed by atoms with Crippen molar-refractivity contribution in [2.75, 3.05) is 5.32 Å². The van der Waals surface area contributed by atoms with Gasteiger partial charge in [-0.05, 0) is 42.3 Å². The first-order valence-electron chi connectivity index (χ1n) is 6.57. The third-order valence-corrected chi connectivity index (χ3v) is 4.14. The lowest BCUT2D eigenvalue weighted by Gasteiger charge is -2.18. The van der Waals surface area contributed by atoms with E-state index in [1.165, 1.54) is 18.0 Å². The Morgan fingerprint density at radius 2 is 2.09 bits per heavy atom. The van der Waals surface area contributed by atoms with E-state index in [9.17, 15) is 9.50 Å². The summed E-state index contributed by atoms with van der Waals surface area (Å²) >= 11 is 1.20. The number of nitrogens with zero attached hydrogens (tertiary/aromatic N) is 1. The molecule has 3 aromatic rings. The largest absolute Gasteiger partial charge is 0.506 e. The Morgan fingerprint density at radius 3 is 3.00 bits per heavy atom. The van der Waals surface area contributed by atoms with Gasteiger partial charge in [-0.15, -0.1) is 0 Å². The van der Waals surface area contributed by atoms with Gasteiger partial charge in [0.15, 0.2) is 0 Å². The van der Waals surface area contributed by atoms with Crippen molar-refractivity contribution in [3.8, 4) is 5.75 Å². The van der Waals surface area contributed by atoms with Crippen LogP contribution in [0.15, 0.2) is 52.5 Å². The summed E-state index contributed by atoms with van der Waals surface area (Å²) in [6, 6.07) is 10.2. The van der Waals surface area contributed by atoms with Gasteiger partial charge in [0.25, 0.3) is 0 Å². The molecule has 0 saturated heterocycles. The lowest BCUT2D eigenvalue weighted by atomic mass is 10.2. The van der Waals surface area contributed by atoms with Gasteiger partial charge in [-0.3, -0.25) is 4.72 Å². The fourth-order valence-electron chi connectivity index (χ4n) is 2.31. The van der Waals surface area contributed by atoms with E-state index in [1.54, 1.807) is 0 Å². The zero-order valence-electron chi connectivity index (χ0n) is 11.2. The Morgan fingerprint density at radius 1 is 1.18 bits per heavy atom. The molecule has 0 fully saturated rings.